The van der Waals surface area contributed by atoms with E-state index in [1.54, 1.807) is 12.1 Å². The molecule has 1 heterocycles. The van der Waals surface area contributed by atoms with Gasteiger partial charge in [0.25, 0.3) is 11.5 Å². The van der Waals surface area contributed by atoms with Crippen LogP contribution in [0.2, 0.25) is 10.0 Å². The van der Waals surface area contributed by atoms with Crippen LogP contribution in [0.1, 0.15) is 27.2 Å². The van der Waals surface area contributed by atoms with Crippen LogP contribution in [0.5, 0.6) is 0 Å². The number of hydrogen-bond donors (Lipinski definition) is 2. The minimum absolute atomic E-state index is 0.153. The smallest absolute Gasteiger partial charge is 0.253 e. The zero-order valence-corrected chi connectivity index (χ0v) is 13.1. The van der Waals surface area contributed by atoms with Crippen LogP contribution in [0, 0.1) is 13.8 Å². The molecule has 6 heteroatoms. The van der Waals surface area contributed by atoms with Gasteiger partial charge < -0.3 is 10.3 Å². The Balaban J connectivity index is 2.15. The van der Waals surface area contributed by atoms with E-state index in [4.69, 9.17) is 23.2 Å². The minimum atomic E-state index is -0.312. The van der Waals surface area contributed by atoms with Crippen LogP contribution in [0.25, 0.3) is 0 Å². The van der Waals surface area contributed by atoms with Gasteiger partial charge >= 0.3 is 0 Å². The van der Waals surface area contributed by atoms with Gasteiger partial charge in [-0.25, -0.2) is 0 Å². The first-order valence-electron chi connectivity index (χ1n) is 6.31. The Morgan fingerprint density at radius 2 is 1.90 bits per heavy atom. The van der Waals surface area contributed by atoms with Crippen LogP contribution < -0.4 is 10.9 Å². The molecule has 4 nitrogen and oxygen atoms in total. The molecule has 2 rings (SSSR count). The van der Waals surface area contributed by atoms with Crippen LogP contribution in [0.3, 0.4) is 0 Å². The van der Waals surface area contributed by atoms with Gasteiger partial charge in [-0.15, -0.1) is 0 Å². The average molecular weight is 325 g/mol. The maximum atomic E-state index is 12.0. The predicted molar refractivity (Wildman–Crippen MR) is 84.2 cm³/mol. The lowest BCUT2D eigenvalue weighted by Crippen LogP contribution is -2.27. The lowest BCUT2D eigenvalue weighted by Gasteiger charge is -2.08. The summed E-state index contributed by atoms with van der Waals surface area (Å²) < 4.78 is 0. The summed E-state index contributed by atoms with van der Waals surface area (Å²) in [7, 11) is 0. The third-order valence-electron chi connectivity index (χ3n) is 3.10. The highest BCUT2D eigenvalue weighted by Gasteiger charge is 2.10. The Hall–Kier alpha value is -1.78. The average Bonchev–Trinajstić information content (AvgIpc) is 2.40. The second-order valence-electron chi connectivity index (χ2n) is 4.75. The molecule has 0 fully saturated rings. The predicted octanol–water partition coefficient (Wildman–Crippen LogP) is 3.23. The molecule has 0 unspecified atom stereocenters. The number of aryl methyl sites for hydroxylation is 2. The van der Waals surface area contributed by atoms with Crippen LogP contribution in [0.4, 0.5) is 0 Å². The van der Waals surface area contributed by atoms with Gasteiger partial charge in [0.2, 0.25) is 0 Å². The van der Waals surface area contributed by atoms with Gasteiger partial charge in [-0.05, 0) is 43.7 Å². The Bertz CT molecular complexity index is 754. The summed E-state index contributed by atoms with van der Waals surface area (Å²) in [5.41, 5.74) is 2.37. The molecular weight excluding hydrogens is 311 g/mol. The number of carbonyl (C=O) groups is 1. The van der Waals surface area contributed by atoms with Crippen LogP contribution in [-0.2, 0) is 6.54 Å². The van der Waals surface area contributed by atoms with E-state index in [0.717, 1.165) is 11.3 Å². The van der Waals surface area contributed by atoms with Gasteiger partial charge in [0.1, 0.15) is 0 Å². The Morgan fingerprint density at radius 3 is 2.52 bits per heavy atom. The molecule has 0 spiro atoms. The van der Waals surface area contributed by atoms with Crippen molar-refractivity contribution in [2.45, 2.75) is 20.4 Å². The fourth-order valence-electron chi connectivity index (χ4n) is 2.01. The second kappa shape index (κ2) is 6.33. The molecule has 0 aliphatic carbocycles. The van der Waals surface area contributed by atoms with E-state index in [2.05, 4.69) is 10.3 Å². The number of H-pyrrole nitrogens is 1. The Kier molecular flexibility index (Phi) is 4.70. The Labute approximate surface area is 132 Å². The molecule has 2 aromatic rings. The maximum Gasteiger partial charge on any atom is 0.253 e. The standard InChI is InChI=1S/C15H14Cl2N2O2/c1-8-5-9(2)19-15(21)11(8)7-18-14(20)10-3-4-12(16)13(17)6-10/h3-6H,7H2,1-2H3,(H,18,20)(H,19,21). The van der Waals surface area contributed by atoms with E-state index < -0.39 is 0 Å². The molecule has 1 amide bonds. The van der Waals surface area contributed by atoms with Crippen LogP contribution >= 0.6 is 23.2 Å². The van der Waals surface area contributed by atoms with Crippen molar-refractivity contribution in [2.24, 2.45) is 0 Å². The van der Waals surface area contributed by atoms with Crippen molar-refractivity contribution in [2.75, 3.05) is 0 Å². The van der Waals surface area contributed by atoms with E-state index in [0.29, 0.717) is 21.2 Å². The van der Waals surface area contributed by atoms with E-state index >= 15 is 0 Å². The number of amides is 1. The molecule has 0 atom stereocenters. The minimum Gasteiger partial charge on any atom is -0.348 e. The van der Waals surface area contributed by atoms with Gasteiger partial charge in [0, 0.05) is 23.4 Å². The zero-order valence-electron chi connectivity index (χ0n) is 11.6. The van der Waals surface area contributed by atoms with Crippen molar-refractivity contribution in [3.63, 3.8) is 0 Å². The van der Waals surface area contributed by atoms with E-state index in [-0.39, 0.29) is 18.0 Å². The summed E-state index contributed by atoms with van der Waals surface area (Å²) in [5, 5.41) is 3.40. The number of hydrogen-bond acceptors (Lipinski definition) is 2. The first-order chi connectivity index (χ1) is 9.88. The molecule has 0 radical (unpaired) electrons. The lowest BCUT2D eigenvalue weighted by atomic mass is 10.1. The normalized spacial score (nSPS) is 10.5. The number of benzene rings is 1. The highest BCUT2D eigenvalue weighted by Crippen LogP contribution is 2.22. The molecule has 0 bridgehead atoms. The number of nitrogens with one attached hydrogen (secondary N) is 2. The number of aromatic amines is 1. The zero-order chi connectivity index (χ0) is 15.6. The van der Waals surface area contributed by atoms with Gasteiger partial charge in [-0.2, -0.15) is 0 Å². The SMILES string of the molecule is Cc1cc(C)c(CNC(=O)c2ccc(Cl)c(Cl)c2)c(=O)[nH]1. The summed E-state index contributed by atoms with van der Waals surface area (Å²) in [4.78, 5) is 26.6. The topological polar surface area (TPSA) is 62.0 Å². The lowest BCUT2D eigenvalue weighted by molar-refractivity contribution is 0.0951. The first kappa shape index (κ1) is 15.6. The third-order valence-corrected chi connectivity index (χ3v) is 3.84. The molecule has 2 N–H and O–H groups in total. The summed E-state index contributed by atoms with van der Waals surface area (Å²) in [6, 6.07) is 6.49. The highest BCUT2D eigenvalue weighted by molar-refractivity contribution is 6.42. The van der Waals surface area contributed by atoms with Gasteiger partial charge in [0.15, 0.2) is 0 Å². The largest absolute Gasteiger partial charge is 0.348 e. The monoisotopic (exact) mass is 324 g/mol. The number of carbonyl (C=O) groups excluding carboxylic acids is 1. The molecule has 21 heavy (non-hydrogen) atoms. The van der Waals surface area contributed by atoms with Gasteiger partial charge in [0.05, 0.1) is 10.0 Å². The summed E-state index contributed by atoms with van der Waals surface area (Å²) in [6.45, 7) is 3.80. The molecule has 110 valence electrons. The molecule has 1 aromatic heterocycles. The van der Waals surface area contributed by atoms with Gasteiger partial charge in [-0.3, -0.25) is 9.59 Å². The quantitative estimate of drug-likeness (QED) is 0.910. The van der Waals surface area contributed by atoms with Gasteiger partial charge in [-0.1, -0.05) is 23.2 Å². The Morgan fingerprint density at radius 1 is 1.19 bits per heavy atom. The number of pyridine rings is 1. The molecule has 1 aromatic carbocycles. The second-order valence-corrected chi connectivity index (χ2v) is 5.57. The van der Waals surface area contributed by atoms with Crippen molar-refractivity contribution in [1.29, 1.82) is 0 Å². The number of halogens is 2. The third kappa shape index (κ3) is 3.65. The van der Waals surface area contributed by atoms with Crippen LogP contribution in [-0.4, -0.2) is 10.9 Å². The fraction of sp³-hybridized carbons (Fsp3) is 0.200. The number of rotatable bonds is 3. The summed E-state index contributed by atoms with van der Waals surface area (Å²) in [6.07, 6.45) is 0. The van der Waals surface area contributed by atoms with Crippen molar-refractivity contribution < 1.29 is 4.79 Å². The molecule has 0 aliphatic rings. The van der Waals surface area contributed by atoms with Crippen molar-refractivity contribution in [1.82, 2.24) is 10.3 Å². The molecule has 0 aliphatic heterocycles. The van der Waals surface area contributed by atoms with Crippen molar-refractivity contribution >= 4 is 29.1 Å². The molecule has 0 saturated carbocycles. The summed E-state index contributed by atoms with van der Waals surface area (Å²) in [5.74, 6) is -0.312. The van der Waals surface area contributed by atoms with Crippen molar-refractivity contribution in [3.05, 3.63) is 67.0 Å². The van der Waals surface area contributed by atoms with E-state index in [1.165, 1.54) is 6.07 Å². The first-order valence-corrected chi connectivity index (χ1v) is 7.06. The maximum absolute atomic E-state index is 12.0. The van der Waals surface area contributed by atoms with E-state index in [1.807, 2.05) is 19.9 Å². The highest BCUT2D eigenvalue weighted by atomic mass is 35.5. The van der Waals surface area contributed by atoms with E-state index in [9.17, 15) is 9.59 Å². The molecule has 0 saturated heterocycles. The van der Waals surface area contributed by atoms with Crippen LogP contribution in [0.15, 0.2) is 29.1 Å². The summed E-state index contributed by atoms with van der Waals surface area (Å²) >= 11 is 11.7. The number of aromatic nitrogens is 1. The molecular formula is C15H14Cl2N2O2. The fourth-order valence-corrected chi connectivity index (χ4v) is 2.31. The van der Waals surface area contributed by atoms with Crippen molar-refractivity contribution in [3.8, 4) is 0 Å².